The van der Waals surface area contributed by atoms with Crippen molar-refractivity contribution in [1.82, 2.24) is 4.90 Å². The van der Waals surface area contributed by atoms with Crippen LogP contribution in [-0.2, 0) is 13.2 Å². The minimum absolute atomic E-state index is 0.0715. The Morgan fingerprint density at radius 2 is 1.80 bits per heavy atom. The fourth-order valence-corrected chi connectivity index (χ4v) is 4.33. The van der Waals surface area contributed by atoms with Crippen molar-refractivity contribution < 1.29 is 18.7 Å². The molecule has 1 atom stereocenters. The molecule has 0 bridgehead atoms. The molecule has 0 saturated carbocycles. The van der Waals surface area contributed by atoms with E-state index in [1.165, 1.54) is 0 Å². The van der Waals surface area contributed by atoms with Gasteiger partial charge in [-0.3, -0.25) is 4.79 Å². The van der Waals surface area contributed by atoms with Crippen molar-refractivity contribution in [3.8, 4) is 11.5 Å². The van der Waals surface area contributed by atoms with Crippen molar-refractivity contribution in [2.45, 2.75) is 26.2 Å². The molecule has 0 spiro atoms. The third-order valence-electron chi connectivity index (χ3n) is 5.85. The van der Waals surface area contributed by atoms with Gasteiger partial charge in [0.15, 0.2) is 11.5 Å². The van der Waals surface area contributed by atoms with E-state index in [0.29, 0.717) is 47.6 Å². The van der Waals surface area contributed by atoms with Gasteiger partial charge in [-0.25, -0.2) is 0 Å². The van der Waals surface area contributed by atoms with Gasteiger partial charge in [0.1, 0.15) is 18.5 Å². The molecule has 0 aliphatic carbocycles. The molecule has 7 heteroatoms. The van der Waals surface area contributed by atoms with Crippen molar-refractivity contribution in [3.05, 3.63) is 113 Å². The van der Waals surface area contributed by atoms with Crippen LogP contribution >= 0.6 is 11.6 Å². The van der Waals surface area contributed by atoms with Crippen LogP contribution in [0.2, 0.25) is 5.02 Å². The van der Waals surface area contributed by atoms with Crippen LogP contribution in [0.1, 0.15) is 40.3 Å². The van der Waals surface area contributed by atoms with Crippen LogP contribution in [0.15, 0.2) is 89.5 Å². The Labute approximate surface area is 209 Å². The Bertz CT molecular complexity index is 1320. The molecule has 1 aliphatic heterocycles. The smallest absolute Gasteiger partial charge is 0.258 e. The van der Waals surface area contributed by atoms with E-state index in [4.69, 9.17) is 25.5 Å². The van der Waals surface area contributed by atoms with Gasteiger partial charge in [-0.1, -0.05) is 48.0 Å². The first-order chi connectivity index (χ1) is 17.1. The highest BCUT2D eigenvalue weighted by molar-refractivity contribution is 6.31. The largest absolute Gasteiger partial charge is 0.490 e. The first-order valence-electron chi connectivity index (χ1n) is 11.5. The zero-order valence-corrected chi connectivity index (χ0v) is 20.0. The molecule has 1 aliphatic rings. The number of anilines is 1. The molecule has 0 fully saturated rings. The summed E-state index contributed by atoms with van der Waals surface area (Å²) in [7, 11) is 0. The maximum atomic E-state index is 13.5. The van der Waals surface area contributed by atoms with Crippen LogP contribution < -0.4 is 14.8 Å². The normalized spacial score (nSPS) is 14.9. The quantitative estimate of drug-likeness (QED) is 0.300. The average Bonchev–Trinajstić information content (AvgIpc) is 3.39. The number of carbonyl (C=O) groups is 1. The number of para-hydroxylation sites is 1. The highest BCUT2D eigenvalue weighted by atomic mass is 35.5. The molecule has 5 rings (SSSR count). The number of amides is 1. The zero-order chi connectivity index (χ0) is 24.2. The molecule has 1 amide bonds. The highest BCUT2D eigenvalue weighted by Gasteiger charge is 2.33. The summed E-state index contributed by atoms with van der Waals surface area (Å²) in [6, 6.07) is 24.5. The molecule has 2 heterocycles. The van der Waals surface area contributed by atoms with E-state index in [2.05, 4.69) is 5.32 Å². The van der Waals surface area contributed by atoms with Gasteiger partial charge in [0, 0.05) is 16.3 Å². The highest BCUT2D eigenvalue weighted by Crippen LogP contribution is 2.38. The minimum atomic E-state index is -0.417. The molecule has 1 aromatic heterocycles. The summed E-state index contributed by atoms with van der Waals surface area (Å²) in [5.41, 5.74) is 3.17. The number of nitrogens with one attached hydrogen (secondary N) is 1. The molecule has 4 aromatic rings. The van der Waals surface area contributed by atoms with Gasteiger partial charge in [0.2, 0.25) is 0 Å². The van der Waals surface area contributed by atoms with E-state index in [-0.39, 0.29) is 5.91 Å². The number of furan rings is 1. The fourth-order valence-electron chi connectivity index (χ4n) is 4.14. The van der Waals surface area contributed by atoms with Gasteiger partial charge in [0.25, 0.3) is 5.91 Å². The van der Waals surface area contributed by atoms with Crippen molar-refractivity contribution in [3.63, 3.8) is 0 Å². The number of hydrogen-bond donors (Lipinski definition) is 1. The van der Waals surface area contributed by atoms with E-state index < -0.39 is 6.17 Å². The van der Waals surface area contributed by atoms with Gasteiger partial charge in [0.05, 0.1) is 25.0 Å². The van der Waals surface area contributed by atoms with Crippen molar-refractivity contribution in [2.24, 2.45) is 0 Å². The molecule has 1 N–H and O–H groups in total. The first kappa shape index (κ1) is 22.9. The number of hydrogen-bond acceptors (Lipinski definition) is 5. The predicted molar refractivity (Wildman–Crippen MR) is 135 cm³/mol. The number of carbonyl (C=O) groups excluding carboxylic acids is 1. The second kappa shape index (κ2) is 10.2. The van der Waals surface area contributed by atoms with Crippen molar-refractivity contribution >= 4 is 23.2 Å². The van der Waals surface area contributed by atoms with Gasteiger partial charge in [-0.15, -0.1) is 0 Å². The lowest BCUT2D eigenvalue weighted by Gasteiger charge is -2.38. The molecule has 0 saturated heterocycles. The van der Waals surface area contributed by atoms with Crippen LogP contribution in [-0.4, -0.2) is 17.4 Å². The first-order valence-corrected chi connectivity index (χ1v) is 11.8. The van der Waals surface area contributed by atoms with Crippen LogP contribution in [0, 0.1) is 0 Å². The average molecular weight is 489 g/mol. The van der Waals surface area contributed by atoms with Crippen molar-refractivity contribution in [2.75, 3.05) is 11.9 Å². The number of rotatable bonds is 8. The Morgan fingerprint density at radius 1 is 0.971 bits per heavy atom. The summed E-state index contributed by atoms with van der Waals surface area (Å²) in [5, 5.41) is 4.16. The molecule has 0 unspecified atom stereocenters. The Hall–Kier alpha value is -3.90. The summed E-state index contributed by atoms with van der Waals surface area (Å²) < 4.78 is 17.5. The van der Waals surface area contributed by atoms with Crippen LogP contribution in [0.5, 0.6) is 11.5 Å². The summed E-state index contributed by atoms with van der Waals surface area (Å²) >= 11 is 6.28. The SMILES string of the molecule is CCOc1cc([C@H]2Nc3ccccc3C(=O)N2Cc2ccco2)ccc1OCc1ccccc1Cl. The zero-order valence-electron chi connectivity index (χ0n) is 19.2. The molecule has 35 heavy (non-hydrogen) atoms. The van der Waals surface area contributed by atoms with Crippen molar-refractivity contribution in [1.29, 1.82) is 0 Å². The topological polar surface area (TPSA) is 63.9 Å². The van der Waals surface area contributed by atoms with E-state index in [1.807, 2.05) is 85.8 Å². The minimum Gasteiger partial charge on any atom is -0.490 e. The Balaban J connectivity index is 1.47. The Kier molecular flexibility index (Phi) is 6.64. The van der Waals surface area contributed by atoms with E-state index in [0.717, 1.165) is 16.8 Å². The summed E-state index contributed by atoms with van der Waals surface area (Å²) in [6.45, 7) is 3.04. The molecule has 178 valence electrons. The molecular formula is C28H25ClN2O4. The molecule has 3 aromatic carbocycles. The monoisotopic (exact) mass is 488 g/mol. The standard InChI is InChI=1S/C28H25ClN2O4/c1-2-33-26-16-19(13-14-25(26)35-18-20-8-3-5-11-23(20)29)27-30-24-12-6-4-10-22(24)28(32)31(27)17-21-9-7-15-34-21/h3-16,27,30H,2,17-18H2,1H3/t27-/m0/s1. The van der Waals surface area contributed by atoms with Gasteiger partial charge in [-0.2, -0.15) is 0 Å². The van der Waals surface area contributed by atoms with Gasteiger partial charge < -0.3 is 24.1 Å². The maximum Gasteiger partial charge on any atom is 0.258 e. The maximum absolute atomic E-state index is 13.5. The van der Waals surface area contributed by atoms with E-state index in [1.54, 1.807) is 11.2 Å². The third kappa shape index (κ3) is 4.84. The number of benzene rings is 3. The van der Waals surface area contributed by atoms with Gasteiger partial charge >= 0.3 is 0 Å². The molecule has 0 radical (unpaired) electrons. The fraction of sp³-hybridized carbons (Fsp3) is 0.179. The summed E-state index contributed by atoms with van der Waals surface area (Å²) in [4.78, 5) is 15.2. The summed E-state index contributed by atoms with van der Waals surface area (Å²) in [6.07, 6.45) is 1.19. The molecular weight excluding hydrogens is 464 g/mol. The number of nitrogens with zero attached hydrogens (tertiary/aromatic N) is 1. The predicted octanol–water partition coefficient (Wildman–Crippen LogP) is 6.68. The van der Waals surface area contributed by atoms with Crippen LogP contribution in [0.4, 0.5) is 5.69 Å². The Morgan fingerprint density at radius 3 is 2.60 bits per heavy atom. The lowest BCUT2D eigenvalue weighted by atomic mass is 10.0. The lowest BCUT2D eigenvalue weighted by Crippen LogP contribution is -2.42. The third-order valence-corrected chi connectivity index (χ3v) is 6.22. The number of halogens is 1. The van der Waals surface area contributed by atoms with E-state index >= 15 is 0 Å². The van der Waals surface area contributed by atoms with Gasteiger partial charge in [-0.05, 0) is 55.0 Å². The second-order valence-corrected chi connectivity index (χ2v) is 8.53. The number of fused-ring (bicyclic) bond motifs is 1. The van der Waals surface area contributed by atoms with Crippen LogP contribution in [0.25, 0.3) is 0 Å². The van der Waals surface area contributed by atoms with Crippen LogP contribution in [0.3, 0.4) is 0 Å². The lowest BCUT2D eigenvalue weighted by molar-refractivity contribution is 0.0651. The number of ether oxygens (including phenoxy) is 2. The van der Waals surface area contributed by atoms with E-state index in [9.17, 15) is 4.79 Å². The molecule has 6 nitrogen and oxygen atoms in total. The second-order valence-electron chi connectivity index (χ2n) is 8.12. The summed E-state index contributed by atoms with van der Waals surface area (Å²) in [5.74, 6) is 1.84.